The smallest absolute Gasteiger partial charge is 0.215 e. The van der Waals surface area contributed by atoms with Crippen LogP contribution >= 0.6 is 0 Å². The molecule has 2 saturated heterocycles. The number of hydrogen-bond acceptors (Lipinski definition) is 4. The number of morpholine rings is 1. The van der Waals surface area contributed by atoms with Gasteiger partial charge in [0.1, 0.15) is 0 Å². The summed E-state index contributed by atoms with van der Waals surface area (Å²) in [6, 6.07) is 0.325. The number of ether oxygens (including phenoxy) is 1. The van der Waals surface area contributed by atoms with Gasteiger partial charge in [0, 0.05) is 25.7 Å². The van der Waals surface area contributed by atoms with E-state index in [1.54, 1.807) is 4.31 Å². The first kappa shape index (κ1) is 13.3. The normalized spacial score (nSPS) is 30.1. The molecule has 2 aliphatic heterocycles. The van der Waals surface area contributed by atoms with Crippen molar-refractivity contribution in [2.45, 2.75) is 44.9 Å². The number of nitrogens with one attached hydrogen (secondary N) is 1. The van der Waals surface area contributed by atoms with E-state index in [0.717, 1.165) is 12.8 Å². The van der Waals surface area contributed by atoms with Crippen LogP contribution in [0.15, 0.2) is 0 Å². The van der Waals surface area contributed by atoms with Gasteiger partial charge in [0.05, 0.1) is 18.0 Å². The molecule has 5 nitrogen and oxygen atoms in total. The molecule has 100 valence electrons. The number of rotatable bonds is 5. The molecule has 2 fully saturated rings. The third-order valence-corrected chi connectivity index (χ3v) is 5.12. The Labute approximate surface area is 104 Å². The Balaban J connectivity index is 1.87. The summed E-state index contributed by atoms with van der Waals surface area (Å²) in [6.07, 6.45) is 2.25. The predicted molar refractivity (Wildman–Crippen MR) is 66.4 cm³/mol. The van der Waals surface area contributed by atoms with E-state index in [4.69, 9.17) is 4.74 Å². The van der Waals surface area contributed by atoms with Crippen molar-refractivity contribution in [3.63, 3.8) is 0 Å². The van der Waals surface area contributed by atoms with E-state index in [-0.39, 0.29) is 18.0 Å². The zero-order valence-corrected chi connectivity index (χ0v) is 11.4. The van der Waals surface area contributed by atoms with Crippen LogP contribution in [0.4, 0.5) is 0 Å². The van der Waals surface area contributed by atoms with Crippen LogP contribution in [0, 0.1) is 0 Å². The van der Waals surface area contributed by atoms with Crippen LogP contribution in [0.25, 0.3) is 0 Å². The fourth-order valence-corrected chi connectivity index (χ4v) is 3.83. The van der Waals surface area contributed by atoms with Gasteiger partial charge in [0.2, 0.25) is 10.0 Å². The monoisotopic (exact) mass is 262 g/mol. The Bertz CT molecular complexity index is 344. The van der Waals surface area contributed by atoms with Crippen LogP contribution in [0.3, 0.4) is 0 Å². The van der Waals surface area contributed by atoms with E-state index in [9.17, 15) is 8.42 Å². The molecule has 2 aliphatic rings. The fourth-order valence-electron chi connectivity index (χ4n) is 2.41. The van der Waals surface area contributed by atoms with Crippen molar-refractivity contribution in [3.8, 4) is 0 Å². The lowest BCUT2D eigenvalue weighted by molar-refractivity contribution is -0.0114. The maximum atomic E-state index is 12.1. The van der Waals surface area contributed by atoms with Crippen LogP contribution in [0.2, 0.25) is 0 Å². The summed E-state index contributed by atoms with van der Waals surface area (Å²) >= 11 is 0. The highest BCUT2D eigenvalue weighted by Gasteiger charge is 2.38. The molecule has 2 unspecified atom stereocenters. The lowest BCUT2D eigenvalue weighted by Gasteiger charge is -2.31. The molecule has 0 radical (unpaired) electrons. The van der Waals surface area contributed by atoms with Gasteiger partial charge in [-0.2, -0.15) is 4.31 Å². The summed E-state index contributed by atoms with van der Waals surface area (Å²) in [6.45, 7) is 5.64. The SMILES string of the molecule is CC(C)NCCS(=O)(=O)N1CC2CCC(C1)O2. The topological polar surface area (TPSA) is 58.6 Å². The van der Waals surface area contributed by atoms with Crippen LogP contribution < -0.4 is 5.32 Å². The van der Waals surface area contributed by atoms with Gasteiger partial charge in [-0.15, -0.1) is 0 Å². The van der Waals surface area contributed by atoms with E-state index < -0.39 is 10.0 Å². The minimum absolute atomic E-state index is 0.126. The Hall–Kier alpha value is -0.170. The van der Waals surface area contributed by atoms with E-state index in [0.29, 0.717) is 25.7 Å². The number of hydrogen-bond donors (Lipinski definition) is 1. The first-order valence-corrected chi connectivity index (χ1v) is 7.95. The third kappa shape index (κ3) is 3.40. The summed E-state index contributed by atoms with van der Waals surface area (Å²) in [4.78, 5) is 0. The molecule has 0 amide bonds. The van der Waals surface area contributed by atoms with Crippen molar-refractivity contribution in [1.82, 2.24) is 9.62 Å². The summed E-state index contributed by atoms with van der Waals surface area (Å²) in [5.74, 6) is 0.185. The van der Waals surface area contributed by atoms with Crippen molar-refractivity contribution >= 4 is 10.0 Å². The molecule has 1 N–H and O–H groups in total. The zero-order chi connectivity index (χ0) is 12.5. The quantitative estimate of drug-likeness (QED) is 0.768. The number of sulfonamides is 1. The van der Waals surface area contributed by atoms with Gasteiger partial charge in [0.15, 0.2) is 0 Å². The average molecular weight is 262 g/mol. The molecule has 0 saturated carbocycles. The van der Waals surface area contributed by atoms with Gasteiger partial charge in [-0.05, 0) is 12.8 Å². The van der Waals surface area contributed by atoms with Crippen LogP contribution in [-0.4, -0.2) is 56.4 Å². The highest BCUT2D eigenvalue weighted by atomic mass is 32.2. The molecule has 0 aliphatic carbocycles. The van der Waals surface area contributed by atoms with Gasteiger partial charge < -0.3 is 10.1 Å². The largest absolute Gasteiger partial charge is 0.372 e. The molecular formula is C11H22N2O3S. The van der Waals surface area contributed by atoms with Gasteiger partial charge in [-0.25, -0.2) is 8.42 Å². The highest BCUT2D eigenvalue weighted by molar-refractivity contribution is 7.89. The lowest BCUT2D eigenvalue weighted by Crippen LogP contribution is -2.47. The third-order valence-electron chi connectivity index (χ3n) is 3.32. The Morgan fingerprint density at radius 1 is 1.29 bits per heavy atom. The predicted octanol–water partition coefficient (Wildman–Crippen LogP) is 0.177. The molecule has 6 heteroatoms. The Kier molecular flexibility index (Phi) is 4.07. The van der Waals surface area contributed by atoms with Gasteiger partial charge in [-0.1, -0.05) is 13.8 Å². The molecule has 2 rings (SSSR count). The van der Waals surface area contributed by atoms with Crippen molar-refractivity contribution in [2.24, 2.45) is 0 Å². The van der Waals surface area contributed by atoms with E-state index in [1.807, 2.05) is 13.8 Å². The van der Waals surface area contributed by atoms with Crippen LogP contribution in [0.1, 0.15) is 26.7 Å². The number of fused-ring (bicyclic) bond motifs is 2. The molecule has 2 bridgehead atoms. The summed E-state index contributed by atoms with van der Waals surface area (Å²) in [7, 11) is -3.11. The number of nitrogens with zero attached hydrogens (tertiary/aromatic N) is 1. The highest BCUT2D eigenvalue weighted by Crippen LogP contribution is 2.27. The van der Waals surface area contributed by atoms with Crippen molar-refractivity contribution in [1.29, 1.82) is 0 Å². The van der Waals surface area contributed by atoms with E-state index in [1.165, 1.54) is 0 Å². The Morgan fingerprint density at radius 2 is 1.88 bits per heavy atom. The first-order chi connectivity index (χ1) is 7.97. The maximum Gasteiger partial charge on any atom is 0.215 e. The molecule has 0 aromatic carbocycles. The lowest BCUT2D eigenvalue weighted by atomic mass is 10.2. The fraction of sp³-hybridized carbons (Fsp3) is 1.00. The van der Waals surface area contributed by atoms with Crippen LogP contribution in [-0.2, 0) is 14.8 Å². The second-order valence-electron chi connectivity index (χ2n) is 5.20. The second kappa shape index (κ2) is 5.22. The van der Waals surface area contributed by atoms with Gasteiger partial charge in [0.25, 0.3) is 0 Å². The van der Waals surface area contributed by atoms with E-state index in [2.05, 4.69) is 5.32 Å². The average Bonchev–Trinajstić information content (AvgIpc) is 2.56. The van der Waals surface area contributed by atoms with Crippen molar-refractivity contribution in [3.05, 3.63) is 0 Å². The first-order valence-electron chi connectivity index (χ1n) is 6.34. The second-order valence-corrected chi connectivity index (χ2v) is 7.29. The molecule has 2 heterocycles. The van der Waals surface area contributed by atoms with Gasteiger partial charge in [-0.3, -0.25) is 0 Å². The zero-order valence-electron chi connectivity index (χ0n) is 10.6. The molecule has 0 aromatic rings. The minimum atomic E-state index is -3.11. The molecule has 17 heavy (non-hydrogen) atoms. The van der Waals surface area contributed by atoms with Crippen LogP contribution in [0.5, 0.6) is 0 Å². The molecular weight excluding hydrogens is 240 g/mol. The molecule has 0 spiro atoms. The van der Waals surface area contributed by atoms with E-state index >= 15 is 0 Å². The standard InChI is InChI=1S/C11H22N2O3S/c1-9(2)12-5-6-17(14,15)13-7-10-3-4-11(8-13)16-10/h9-12H,3-8H2,1-2H3. The molecule has 0 aromatic heterocycles. The maximum absolute atomic E-state index is 12.1. The van der Waals surface area contributed by atoms with Crippen molar-refractivity contribution < 1.29 is 13.2 Å². The van der Waals surface area contributed by atoms with Crippen molar-refractivity contribution in [2.75, 3.05) is 25.4 Å². The van der Waals surface area contributed by atoms with Gasteiger partial charge >= 0.3 is 0 Å². The summed E-state index contributed by atoms with van der Waals surface area (Å²) in [5, 5.41) is 3.14. The molecule has 2 atom stereocenters. The summed E-state index contributed by atoms with van der Waals surface area (Å²) in [5.41, 5.74) is 0. The Morgan fingerprint density at radius 3 is 2.41 bits per heavy atom. The minimum Gasteiger partial charge on any atom is -0.372 e. The summed E-state index contributed by atoms with van der Waals surface area (Å²) < 4.78 is 31.5.